The Morgan fingerprint density at radius 1 is 0.522 bits per heavy atom. The van der Waals surface area contributed by atoms with Crippen LogP contribution < -0.4 is 10.6 Å². The van der Waals surface area contributed by atoms with Gasteiger partial charge in [-0.1, -0.05) is 19.8 Å². The zero-order valence-corrected chi connectivity index (χ0v) is 27.7. The second-order valence-electron chi connectivity index (χ2n) is 10.2. The topological polar surface area (TPSA) is 169 Å². The lowest BCUT2D eigenvalue weighted by molar-refractivity contribution is -0.138. The van der Waals surface area contributed by atoms with Gasteiger partial charge in [-0.3, -0.25) is 24.1 Å². The van der Waals surface area contributed by atoms with E-state index in [0.717, 1.165) is 30.7 Å². The predicted octanol–water partition coefficient (Wildman–Crippen LogP) is 0.471. The van der Waals surface area contributed by atoms with Crippen molar-refractivity contribution >= 4 is 23.6 Å². The number of nitrogens with one attached hydrogen (secondary N) is 2. The molecule has 1 saturated heterocycles. The quantitative estimate of drug-likeness (QED) is 0.0722. The van der Waals surface area contributed by atoms with Crippen LogP contribution in [-0.2, 0) is 57.1 Å². The standard InChI is InChI=1S/C31H57N3O12/c1-2-3-4-9-32-29(36)8-12-39-14-16-41-18-20-43-22-24-45-26-27-46-25-23-44-21-19-42-17-15-40-13-10-33-28(35)7-11-34-30(37)5-6-31(34)38/h2-27H2,1H3,(H,32,36)(H,33,35). The van der Waals surface area contributed by atoms with Gasteiger partial charge in [0.2, 0.25) is 23.6 Å². The summed E-state index contributed by atoms with van der Waals surface area (Å²) in [5, 5.41) is 5.58. The Morgan fingerprint density at radius 3 is 1.33 bits per heavy atom. The van der Waals surface area contributed by atoms with E-state index >= 15 is 0 Å². The molecule has 15 heteroatoms. The van der Waals surface area contributed by atoms with Crippen molar-refractivity contribution in [2.75, 3.05) is 125 Å². The number of unbranched alkanes of at least 4 members (excludes halogenated alkanes) is 2. The van der Waals surface area contributed by atoms with Gasteiger partial charge >= 0.3 is 0 Å². The average molecular weight is 664 g/mol. The fraction of sp³-hybridized carbons (Fsp3) is 0.871. The molecule has 0 aromatic carbocycles. The molecule has 1 heterocycles. The summed E-state index contributed by atoms with van der Waals surface area (Å²) in [7, 11) is 0. The summed E-state index contributed by atoms with van der Waals surface area (Å²) in [6.45, 7) is 10.5. The predicted molar refractivity (Wildman–Crippen MR) is 167 cm³/mol. The lowest BCUT2D eigenvalue weighted by Crippen LogP contribution is -2.35. The second-order valence-corrected chi connectivity index (χ2v) is 10.2. The van der Waals surface area contributed by atoms with Crippen LogP contribution >= 0.6 is 0 Å². The molecular weight excluding hydrogens is 606 g/mol. The van der Waals surface area contributed by atoms with Crippen molar-refractivity contribution < 1.29 is 57.1 Å². The molecule has 1 aliphatic rings. The number of likely N-dealkylation sites (tertiary alicyclic amines) is 1. The smallest absolute Gasteiger partial charge is 0.229 e. The van der Waals surface area contributed by atoms with E-state index in [0.29, 0.717) is 119 Å². The number of rotatable bonds is 34. The summed E-state index contributed by atoms with van der Waals surface area (Å²) >= 11 is 0. The first-order valence-electron chi connectivity index (χ1n) is 16.5. The van der Waals surface area contributed by atoms with Gasteiger partial charge in [-0.2, -0.15) is 0 Å². The Balaban J connectivity index is 1.68. The van der Waals surface area contributed by atoms with Crippen LogP contribution in [0.2, 0.25) is 0 Å². The Labute approximate surface area is 273 Å². The van der Waals surface area contributed by atoms with Crippen LogP contribution in [0.3, 0.4) is 0 Å². The minimum atomic E-state index is -0.226. The van der Waals surface area contributed by atoms with Crippen molar-refractivity contribution in [3.8, 4) is 0 Å². The second kappa shape index (κ2) is 31.4. The average Bonchev–Trinajstić information content (AvgIpc) is 3.37. The maximum atomic E-state index is 11.8. The van der Waals surface area contributed by atoms with Gasteiger partial charge in [-0.15, -0.1) is 0 Å². The summed E-state index contributed by atoms with van der Waals surface area (Å²) < 4.78 is 43.5. The van der Waals surface area contributed by atoms with Crippen molar-refractivity contribution in [1.82, 2.24) is 15.5 Å². The highest BCUT2D eigenvalue weighted by molar-refractivity contribution is 6.02. The molecule has 0 aromatic rings. The van der Waals surface area contributed by atoms with Gasteiger partial charge < -0.3 is 48.5 Å². The Kier molecular flexibility index (Phi) is 28.5. The Morgan fingerprint density at radius 2 is 0.891 bits per heavy atom. The lowest BCUT2D eigenvalue weighted by atomic mass is 10.2. The van der Waals surface area contributed by atoms with Crippen LogP contribution in [0.1, 0.15) is 51.9 Å². The number of hydrogen-bond acceptors (Lipinski definition) is 12. The van der Waals surface area contributed by atoms with Gasteiger partial charge in [0, 0.05) is 45.3 Å². The number of hydrogen-bond donors (Lipinski definition) is 2. The van der Waals surface area contributed by atoms with Crippen LogP contribution in [0.5, 0.6) is 0 Å². The number of imide groups is 1. The fourth-order valence-corrected chi connectivity index (χ4v) is 3.93. The van der Waals surface area contributed by atoms with Gasteiger partial charge in [0.15, 0.2) is 0 Å². The van der Waals surface area contributed by atoms with E-state index in [1.165, 1.54) is 0 Å². The molecule has 0 saturated carbocycles. The molecule has 268 valence electrons. The van der Waals surface area contributed by atoms with Gasteiger partial charge in [-0.05, 0) is 6.42 Å². The number of ether oxygens (including phenoxy) is 8. The molecule has 15 nitrogen and oxygen atoms in total. The third-order valence-corrected chi connectivity index (χ3v) is 6.47. The van der Waals surface area contributed by atoms with Gasteiger partial charge in [0.1, 0.15) is 0 Å². The first-order chi connectivity index (χ1) is 22.5. The summed E-state index contributed by atoms with van der Waals surface area (Å²) in [6, 6.07) is 0. The molecule has 1 fully saturated rings. The minimum Gasteiger partial charge on any atom is -0.379 e. The summed E-state index contributed by atoms with van der Waals surface area (Å²) in [5.74, 6) is -0.634. The summed E-state index contributed by atoms with van der Waals surface area (Å²) in [6.07, 6.45) is 4.20. The number of carbonyl (C=O) groups is 4. The van der Waals surface area contributed by atoms with Gasteiger partial charge in [0.25, 0.3) is 0 Å². The molecule has 4 amide bonds. The van der Waals surface area contributed by atoms with E-state index in [1.54, 1.807) is 0 Å². The molecule has 0 unspecified atom stereocenters. The zero-order chi connectivity index (χ0) is 33.3. The zero-order valence-electron chi connectivity index (χ0n) is 27.7. The largest absolute Gasteiger partial charge is 0.379 e. The molecule has 2 N–H and O–H groups in total. The molecule has 0 radical (unpaired) electrons. The van der Waals surface area contributed by atoms with Crippen LogP contribution in [0.25, 0.3) is 0 Å². The van der Waals surface area contributed by atoms with Gasteiger partial charge in [0.05, 0.1) is 106 Å². The van der Waals surface area contributed by atoms with Crippen LogP contribution in [0, 0.1) is 0 Å². The van der Waals surface area contributed by atoms with Gasteiger partial charge in [-0.25, -0.2) is 0 Å². The molecule has 0 aromatic heterocycles. The molecule has 0 bridgehead atoms. The van der Waals surface area contributed by atoms with E-state index in [2.05, 4.69) is 17.6 Å². The van der Waals surface area contributed by atoms with Crippen LogP contribution in [0.15, 0.2) is 0 Å². The number of carbonyl (C=O) groups excluding carboxylic acids is 4. The SMILES string of the molecule is CCCCCNC(=O)CCOCCOCCOCCOCCOCCOCCOCCOCCNC(=O)CCN1C(=O)CCC1=O. The highest BCUT2D eigenvalue weighted by Crippen LogP contribution is 2.11. The molecule has 1 rings (SSSR count). The van der Waals surface area contributed by atoms with Crippen molar-refractivity contribution in [1.29, 1.82) is 0 Å². The Bertz CT molecular complexity index is 774. The highest BCUT2D eigenvalue weighted by Gasteiger charge is 2.28. The van der Waals surface area contributed by atoms with E-state index in [9.17, 15) is 19.2 Å². The minimum absolute atomic E-state index is 0.0256. The monoisotopic (exact) mass is 663 g/mol. The first kappa shape index (κ1) is 41.8. The van der Waals surface area contributed by atoms with Crippen molar-refractivity contribution in [2.45, 2.75) is 51.9 Å². The van der Waals surface area contributed by atoms with Crippen LogP contribution in [-0.4, -0.2) is 154 Å². The lowest BCUT2D eigenvalue weighted by Gasteiger charge is -2.13. The first-order valence-corrected chi connectivity index (χ1v) is 16.5. The normalized spacial score (nSPS) is 13.1. The number of amides is 4. The third-order valence-electron chi connectivity index (χ3n) is 6.47. The number of nitrogens with zero attached hydrogens (tertiary/aromatic N) is 1. The summed E-state index contributed by atoms with van der Waals surface area (Å²) in [4.78, 5) is 47.6. The van der Waals surface area contributed by atoms with Crippen molar-refractivity contribution in [3.05, 3.63) is 0 Å². The van der Waals surface area contributed by atoms with E-state index in [-0.39, 0.29) is 49.4 Å². The van der Waals surface area contributed by atoms with E-state index in [4.69, 9.17) is 37.9 Å². The molecule has 0 spiro atoms. The maximum Gasteiger partial charge on any atom is 0.229 e. The van der Waals surface area contributed by atoms with Crippen LogP contribution in [0.4, 0.5) is 0 Å². The molecule has 1 aliphatic heterocycles. The van der Waals surface area contributed by atoms with Crippen molar-refractivity contribution in [2.24, 2.45) is 0 Å². The maximum absolute atomic E-state index is 11.8. The van der Waals surface area contributed by atoms with E-state index < -0.39 is 0 Å². The summed E-state index contributed by atoms with van der Waals surface area (Å²) in [5.41, 5.74) is 0. The van der Waals surface area contributed by atoms with E-state index in [1.807, 2.05) is 0 Å². The molecule has 0 atom stereocenters. The third kappa shape index (κ3) is 25.9. The molecular formula is C31H57N3O12. The van der Waals surface area contributed by atoms with Crippen molar-refractivity contribution in [3.63, 3.8) is 0 Å². The fourth-order valence-electron chi connectivity index (χ4n) is 3.93. The highest BCUT2D eigenvalue weighted by atomic mass is 16.6. The Hall–Kier alpha value is -2.24. The molecule has 46 heavy (non-hydrogen) atoms. The molecule has 0 aliphatic carbocycles.